The lowest BCUT2D eigenvalue weighted by atomic mass is 10.1. The van der Waals surface area contributed by atoms with E-state index >= 15 is 0 Å². The second-order valence-electron chi connectivity index (χ2n) is 7.40. The maximum atomic E-state index is 13.4. The third kappa shape index (κ3) is 3.21. The molecule has 1 aromatic rings. The minimum Gasteiger partial charge on any atom is -0.334 e. The molecule has 3 aliphatic rings. The van der Waals surface area contributed by atoms with Gasteiger partial charge in [-0.1, -0.05) is 23.2 Å². The summed E-state index contributed by atoms with van der Waals surface area (Å²) < 4.78 is 0. The first kappa shape index (κ1) is 18.1. The molecule has 7 heteroatoms. The monoisotopic (exact) mass is 395 g/mol. The summed E-state index contributed by atoms with van der Waals surface area (Å²) in [6.07, 6.45) is 4.65. The van der Waals surface area contributed by atoms with E-state index in [-0.39, 0.29) is 17.9 Å². The average molecular weight is 396 g/mol. The van der Waals surface area contributed by atoms with E-state index in [2.05, 4.69) is 10.2 Å². The molecule has 3 aliphatic heterocycles. The number of carbonyl (C=O) groups is 2. The van der Waals surface area contributed by atoms with Gasteiger partial charge in [-0.15, -0.1) is 0 Å². The predicted molar refractivity (Wildman–Crippen MR) is 102 cm³/mol. The van der Waals surface area contributed by atoms with Gasteiger partial charge in [0.1, 0.15) is 6.04 Å². The molecule has 2 amide bonds. The molecule has 3 fully saturated rings. The third-order valence-corrected chi connectivity index (χ3v) is 6.43. The normalized spacial score (nSPS) is 28.3. The molecule has 0 radical (unpaired) electrons. The fourth-order valence-electron chi connectivity index (χ4n) is 4.60. The van der Waals surface area contributed by atoms with E-state index in [0.717, 1.165) is 38.8 Å². The minimum atomic E-state index is -0.390. The highest BCUT2D eigenvalue weighted by molar-refractivity contribution is 6.35. The Kier molecular flexibility index (Phi) is 5.13. The van der Waals surface area contributed by atoms with E-state index in [0.29, 0.717) is 34.6 Å². The Morgan fingerprint density at radius 3 is 2.73 bits per heavy atom. The smallest absolute Gasteiger partial charge is 0.256 e. The molecule has 140 valence electrons. The number of hydrogen-bond donors (Lipinski definition) is 1. The van der Waals surface area contributed by atoms with Gasteiger partial charge >= 0.3 is 0 Å². The first-order chi connectivity index (χ1) is 12.6. The van der Waals surface area contributed by atoms with Gasteiger partial charge in [0.05, 0.1) is 10.6 Å². The zero-order valence-corrected chi connectivity index (χ0v) is 16.1. The summed E-state index contributed by atoms with van der Waals surface area (Å²) in [5, 5.41) is 4.26. The van der Waals surface area contributed by atoms with Crippen LogP contribution in [0.15, 0.2) is 18.2 Å². The van der Waals surface area contributed by atoms with E-state index in [1.54, 1.807) is 23.1 Å². The van der Waals surface area contributed by atoms with Gasteiger partial charge in [0.25, 0.3) is 5.91 Å². The van der Waals surface area contributed by atoms with Crippen molar-refractivity contribution < 1.29 is 9.59 Å². The van der Waals surface area contributed by atoms with Crippen LogP contribution in [0.4, 0.5) is 0 Å². The Labute approximate surface area is 163 Å². The molecule has 0 spiro atoms. The van der Waals surface area contributed by atoms with Crippen LogP contribution in [-0.2, 0) is 4.79 Å². The number of rotatable bonds is 2. The van der Waals surface area contributed by atoms with Crippen molar-refractivity contribution in [1.82, 2.24) is 15.1 Å². The highest BCUT2D eigenvalue weighted by Gasteiger charge is 2.44. The van der Waals surface area contributed by atoms with Gasteiger partial charge in [0.15, 0.2) is 0 Å². The molecule has 0 saturated carbocycles. The minimum absolute atomic E-state index is 0.102. The van der Waals surface area contributed by atoms with E-state index in [1.165, 1.54) is 0 Å². The molecule has 3 unspecified atom stereocenters. The molecule has 5 nitrogen and oxygen atoms in total. The molecule has 3 saturated heterocycles. The Bertz CT molecular complexity index is 713. The van der Waals surface area contributed by atoms with Crippen molar-refractivity contribution in [2.24, 2.45) is 0 Å². The first-order valence-corrected chi connectivity index (χ1v) is 10.1. The second kappa shape index (κ2) is 7.37. The lowest BCUT2D eigenvalue weighted by Crippen LogP contribution is -2.52. The van der Waals surface area contributed by atoms with Crippen molar-refractivity contribution in [3.05, 3.63) is 33.8 Å². The number of halogens is 2. The Morgan fingerprint density at radius 1 is 1.08 bits per heavy atom. The standard InChI is InChI=1S/C19H23Cl2N3O2/c20-12-3-6-16(21)15(10-12)18(25)23-9-1-2-17(23)19(26)24-13-4-5-14(24)11-22-8-7-13/h3,6,10,13-14,17,22H,1-2,4-5,7-9,11H2. The molecular weight excluding hydrogens is 373 g/mol. The van der Waals surface area contributed by atoms with E-state index in [1.807, 2.05) is 0 Å². The van der Waals surface area contributed by atoms with Crippen molar-refractivity contribution in [3.8, 4) is 0 Å². The quantitative estimate of drug-likeness (QED) is 0.837. The first-order valence-electron chi connectivity index (χ1n) is 9.35. The van der Waals surface area contributed by atoms with E-state index in [4.69, 9.17) is 23.2 Å². The maximum absolute atomic E-state index is 13.4. The van der Waals surface area contributed by atoms with Crippen LogP contribution < -0.4 is 5.32 Å². The number of benzene rings is 1. The molecule has 2 bridgehead atoms. The van der Waals surface area contributed by atoms with Gasteiger partial charge in [0.2, 0.25) is 5.91 Å². The second-order valence-corrected chi connectivity index (χ2v) is 8.25. The summed E-state index contributed by atoms with van der Waals surface area (Å²) in [5.74, 6) is -0.0983. The average Bonchev–Trinajstić information content (AvgIpc) is 3.19. The molecule has 4 rings (SSSR count). The van der Waals surface area contributed by atoms with Crippen LogP contribution in [0.3, 0.4) is 0 Å². The highest BCUT2D eigenvalue weighted by Crippen LogP contribution is 2.32. The van der Waals surface area contributed by atoms with Gasteiger partial charge in [-0.25, -0.2) is 0 Å². The molecular formula is C19H23Cl2N3O2. The van der Waals surface area contributed by atoms with Crippen LogP contribution in [-0.4, -0.2) is 59.4 Å². The molecule has 0 aromatic heterocycles. The van der Waals surface area contributed by atoms with Crippen molar-refractivity contribution in [1.29, 1.82) is 0 Å². The largest absolute Gasteiger partial charge is 0.334 e. The van der Waals surface area contributed by atoms with Crippen LogP contribution in [0, 0.1) is 0 Å². The Balaban J connectivity index is 1.57. The van der Waals surface area contributed by atoms with Crippen molar-refractivity contribution in [3.63, 3.8) is 0 Å². The predicted octanol–water partition coefficient (Wildman–Crippen LogP) is 2.95. The van der Waals surface area contributed by atoms with Crippen molar-refractivity contribution in [2.75, 3.05) is 19.6 Å². The zero-order valence-electron chi connectivity index (χ0n) is 14.6. The summed E-state index contributed by atoms with van der Waals surface area (Å²) in [7, 11) is 0. The SMILES string of the molecule is O=C(c1cc(Cl)ccc1Cl)N1CCCC1C(=O)N1C2CCNCC1CC2. The Morgan fingerprint density at radius 2 is 1.88 bits per heavy atom. The maximum Gasteiger partial charge on any atom is 0.256 e. The van der Waals surface area contributed by atoms with Crippen molar-refractivity contribution >= 4 is 35.0 Å². The fourth-order valence-corrected chi connectivity index (χ4v) is 4.97. The third-order valence-electron chi connectivity index (χ3n) is 5.87. The van der Waals surface area contributed by atoms with E-state index in [9.17, 15) is 9.59 Å². The van der Waals surface area contributed by atoms with Gasteiger partial charge < -0.3 is 15.1 Å². The van der Waals surface area contributed by atoms with Gasteiger partial charge in [-0.2, -0.15) is 0 Å². The number of fused-ring (bicyclic) bond motifs is 2. The lowest BCUT2D eigenvalue weighted by Gasteiger charge is -2.34. The molecule has 0 aliphatic carbocycles. The van der Waals surface area contributed by atoms with Gasteiger partial charge in [-0.05, 0) is 56.8 Å². The van der Waals surface area contributed by atoms with Crippen LogP contribution in [0.25, 0.3) is 0 Å². The number of nitrogens with one attached hydrogen (secondary N) is 1. The van der Waals surface area contributed by atoms with E-state index < -0.39 is 6.04 Å². The van der Waals surface area contributed by atoms with Gasteiger partial charge in [0, 0.05) is 30.2 Å². The summed E-state index contributed by atoms with van der Waals surface area (Å²) >= 11 is 12.3. The number of amides is 2. The molecule has 1 N–H and O–H groups in total. The van der Waals surface area contributed by atoms with Crippen LogP contribution >= 0.6 is 23.2 Å². The fraction of sp³-hybridized carbons (Fsp3) is 0.579. The summed E-state index contributed by atoms with van der Waals surface area (Å²) in [6.45, 7) is 2.39. The Hall–Kier alpha value is -1.30. The number of hydrogen-bond acceptors (Lipinski definition) is 3. The van der Waals surface area contributed by atoms with Crippen LogP contribution in [0.2, 0.25) is 10.0 Å². The summed E-state index contributed by atoms with van der Waals surface area (Å²) in [6, 6.07) is 5.04. The van der Waals surface area contributed by atoms with Gasteiger partial charge in [-0.3, -0.25) is 9.59 Å². The number of nitrogens with zero attached hydrogens (tertiary/aromatic N) is 2. The summed E-state index contributed by atoms with van der Waals surface area (Å²) in [4.78, 5) is 30.2. The van der Waals surface area contributed by atoms with Crippen LogP contribution in [0.5, 0.6) is 0 Å². The highest BCUT2D eigenvalue weighted by atomic mass is 35.5. The molecule has 3 atom stereocenters. The topological polar surface area (TPSA) is 52.7 Å². The van der Waals surface area contributed by atoms with Crippen molar-refractivity contribution in [2.45, 2.75) is 50.2 Å². The zero-order chi connectivity index (χ0) is 18.3. The number of carbonyl (C=O) groups excluding carboxylic acids is 2. The number of likely N-dealkylation sites (tertiary alicyclic amines) is 1. The molecule has 26 heavy (non-hydrogen) atoms. The molecule has 1 aromatic carbocycles. The lowest BCUT2D eigenvalue weighted by molar-refractivity contribution is -0.137. The summed E-state index contributed by atoms with van der Waals surface area (Å²) in [5.41, 5.74) is 0.374. The molecule has 3 heterocycles. The van der Waals surface area contributed by atoms with Crippen LogP contribution in [0.1, 0.15) is 42.5 Å².